The van der Waals surface area contributed by atoms with Crippen molar-refractivity contribution in [3.05, 3.63) is 75.2 Å². The van der Waals surface area contributed by atoms with Gasteiger partial charge in [0, 0.05) is 19.3 Å². The van der Waals surface area contributed by atoms with Crippen molar-refractivity contribution in [2.75, 3.05) is 26.3 Å². The second kappa shape index (κ2) is 9.89. The highest BCUT2D eigenvalue weighted by Crippen LogP contribution is 2.32. The molecule has 8 heteroatoms. The Hall–Kier alpha value is -3.96. The summed E-state index contributed by atoms with van der Waals surface area (Å²) in [5.41, 5.74) is 1.81. The first-order chi connectivity index (χ1) is 16.4. The molecule has 1 aromatic carbocycles. The van der Waals surface area contributed by atoms with Crippen LogP contribution in [0, 0.1) is 18.3 Å². The van der Waals surface area contributed by atoms with Crippen LogP contribution in [-0.2, 0) is 9.53 Å². The minimum Gasteiger partial charge on any atom is -0.438 e. The number of aryl methyl sites for hydroxylation is 1. The fourth-order valence-electron chi connectivity index (χ4n) is 3.82. The van der Waals surface area contributed by atoms with Crippen LogP contribution in [-0.4, -0.2) is 46.5 Å². The number of nitrogens with zero attached hydrogens (tertiary/aromatic N) is 4. The molecule has 3 aromatic rings. The molecule has 174 valence electrons. The lowest BCUT2D eigenvalue weighted by atomic mass is 10.0. The van der Waals surface area contributed by atoms with Gasteiger partial charge in [0.15, 0.2) is 0 Å². The van der Waals surface area contributed by atoms with Crippen molar-refractivity contribution < 1.29 is 14.3 Å². The maximum Gasteiger partial charge on any atom is 0.269 e. The normalized spacial score (nSPS) is 14.3. The van der Waals surface area contributed by atoms with E-state index < -0.39 is 11.5 Å². The van der Waals surface area contributed by atoms with Crippen molar-refractivity contribution in [1.82, 2.24) is 14.3 Å². The first-order valence-corrected chi connectivity index (χ1v) is 11.2. The molecule has 1 saturated heterocycles. The second-order valence-corrected chi connectivity index (χ2v) is 8.44. The Morgan fingerprint density at radius 3 is 2.71 bits per heavy atom. The molecule has 0 atom stereocenters. The number of amides is 1. The fourth-order valence-corrected chi connectivity index (χ4v) is 3.82. The third-order valence-corrected chi connectivity index (χ3v) is 5.67. The zero-order chi connectivity index (χ0) is 24.2. The van der Waals surface area contributed by atoms with Crippen LogP contribution < -0.4 is 10.3 Å². The highest BCUT2D eigenvalue weighted by molar-refractivity contribution is 6.02. The summed E-state index contributed by atoms with van der Waals surface area (Å²) >= 11 is 0. The molecule has 34 heavy (non-hydrogen) atoms. The molecule has 0 aliphatic carbocycles. The van der Waals surface area contributed by atoms with Gasteiger partial charge in [0.25, 0.3) is 11.5 Å². The summed E-state index contributed by atoms with van der Waals surface area (Å²) < 4.78 is 12.9. The number of ether oxygens (including phenoxy) is 2. The molecule has 0 radical (unpaired) electrons. The number of hydrogen-bond acceptors (Lipinski definition) is 6. The molecule has 0 spiro atoms. The molecule has 0 N–H and O–H groups in total. The molecular formula is C26H26N4O4. The van der Waals surface area contributed by atoms with Gasteiger partial charge in [0.2, 0.25) is 5.88 Å². The summed E-state index contributed by atoms with van der Waals surface area (Å²) in [5.74, 6) is 0.350. The fraction of sp³-hybridized carbons (Fsp3) is 0.308. The van der Waals surface area contributed by atoms with Gasteiger partial charge in [-0.05, 0) is 48.2 Å². The minimum absolute atomic E-state index is 0.0399. The van der Waals surface area contributed by atoms with Crippen LogP contribution in [0.5, 0.6) is 11.6 Å². The number of aromatic nitrogens is 2. The molecule has 1 fully saturated rings. The van der Waals surface area contributed by atoms with E-state index in [1.807, 2.05) is 31.2 Å². The van der Waals surface area contributed by atoms with E-state index >= 15 is 0 Å². The maximum atomic E-state index is 13.4. The van der Waals surface area contributed by atoms with Crippen molar-refractivity contribution >= 4 is 17.6 Å². The SMILES string of the molecule is Cc1ccc(C(C)C)c(Oc2nc3ccccn3c(=O)c2C=C(C#N)C(=O)N2CCOCC2)c1. The Labute approximate surface area is 197 Å². The Balaban J connectivity index is 1.87. The van der Waals surface area contributed by atoms with E-state index in [0.29, 0.717) is 37.7 Å². The average molecular weight is 459 g/mol. The molecular weight excluding hydrogens is 432 g/mol. The number of fused-ring (bicyclic) bond motifs is 1. The molecule has 4 rings (SSSR count). The monoisotopic (exact) mass is 458 g/mol. The van der Waals surface area contributed by atoms with Crippen LogP contribution in [0.25, 0.3) is 11.7 Å². The van der Waals surface area contributed by atoms with Crippen LogP contribution in [0.4, 0.5) is 0 Å². The molecule has 0 bridgehead atoms. The van der Waals surface area contributed by atoms with E-state index in [1.165, 1.54) is 10.5 Å². The Bertz CT molecular complexity index is 1360. The number of carbonyl (C=O) groups excluding carboxylic acids is 1. The molecule has 1 aliphatic rings. The number of rotatable bonds is 5. The van der Waals surface area contributed by atoms with Crippen LogP contribution in [0.15, 0.2) is 53.0 Å². The molecule has 0 unspecified atom stereocenters. The van der Waals surface area contributed by atoms with Gasteiger partial charge in [-0.15, -0.1) is 0 Å². The van der Waals surface area contributed by atoms with Crippen molar-refractivity contribution in [3.8, 4) is 17.7 Å². The van der Waals surface area contributed by atoms with Crippen LogP contribution >= 0.6 is 0 Å². The van der Waals surface area contributed by atoms with Gasteiger partial charge >= 0.3 is 0 Å². The van der Waals surface area contributed by atoms with E-state index in [-0.39, 0.29) is 22.9 Å². The molecule has 8 nitrogen and oxygen atoms in total. The molecule has 2 aromatic heterocycles. The lowest BCUT2D eigenvalue weighted by molar-refractivity contribution is -0.130. The van der Waals surface area contributed by atoms with E-state index in [1.54, 1.807) is 29.3 Å². The van der Waals surface area contributed by atoms with Gasteiger partial charge in [-0.1, -0.05) is 32.0 Å². The van der Waals surface area contributed by atoms with Gasteiger partial charge in [-0.25, -0.2) is 0 Å². The highest BCUT2D eigenvalue weighted by atomic mass is 16.5. The van der Waals surface area contributed by atoms with E-state index in [4.69, 9.17) is 9.47 Å². The largest absolute Gasteiger partial charge is 0.438 e. The average Bonchev–Trinajstić information content (AvgIpc) is 2.84. The molecule has 0 saturated carbocycles. The summed E-state index contributed by atoms with van der Waals surface area (Å²) in [5, 5.41) is 9.76. The van der Waals surface area contributed by atoms with Crippen molar-refractivity contribution in [1.29, 1.82) is 5.26 Å². The predicted molar refractivity (Wildman–Crippen MR) is 128 cm³/mol. The second-order valence-electron chi connectivity index (χ2n) is 8.44. The van der Waals surface area contributed by atoms with Crippen LogP contribution in [0.1, 0.15) is 36.5 Å². The lowest BCUT2D eigenvalue weighted by Gasteiger charge is -2.26. The summed E-state index contributed by atoms with van der Waals surface area (Å²) in [6.07, 6.45) is 2.88. The number of pyridine rings is 1. The summed E-state index contributed by atoms with van der Waals surface area (Å²) in [6, 6.07) is 13.0. The maximum absolute atomic E-state index is 13.4. The van der Waals surface area contributed by atoms with Crippen molar-refractivity contribution in [3.63, 3.8) is 0 Å². The van der Waals surface area contributed by atoms with Crippen molar-refractivity contribution in [2.45, 2.75) is 26.7 Å². The Morgan fingerprint density at radius 1 is 1.24 bits per heavy atom. The quantitative estimate of drug-likeness (QED) is 0.427. The van der Waals surface area contributed by atoms with Gasteiger partial charge in [0.05, 0.1) is 13.2 Å². The molecule has 1 amide bonds. The zero-order valence-electron chi connectivity index (χ0n) is 19.4. The van der Waals surface area contributed by atoms with Crippen molar-refractivity contribution in [2.24, 2.45) is 0 Å². The third-order valence-electron chi connectivity index (χ3n) is 5.67. The van der Waals surface area contributed by atoms with Crippen LogP contribution in [0.3, 0.4) is 0 Å². The number of nitriles is 1. The van der Waals surface area contributed by atoms with Gasteiger partial charge < -0.3 is 14.4 Å². The predicted octanol–water partition coefficient (Wildman–Crippen LogP) is 3.68. The third kappa shape index (κ3) is 4.70. The summed E-state index contributed by atoms with van der Waals surface area (Å²) in [7, 11) is 0. The van der Waals surface area contributed by atoms with E-state index in [0.717, 1.165) is 11.1 Å². The number of carbonyl (C=O) groups is 1. The topological polar surface area (TPSA) is 96.9 Å². The first kappa shape index (κ1) is 23.2. The molecule has 3 heterocycles. The summed E-state index contributed by atoms with van der Waals surface area (Å²) in [4.78, 5) is 32.5. The van der Waals surface area contributed by atoms with Gasteiger partial charge in [-0.3, -0.25) is 14.0 Å². The Kier molecular flexibility index (Phi) is 6.75. The minimum atomic E-state index is -0.451. The zero-order valence-corrected chi connectivity index (χ0v) is 19.4. The number of hydrogen-bond donors (Lipinski definition) is 0. The number of benzene rings is 1. The Morgan fingerprint density at radius 2 is 2.00 bits per heavy atom. The highest BCUT2D eigenvalue weighted by Gasteiger charge is 2.23. The summed E-state index contributed by atoms with van der Waals surface area (Å²) in [6.45, 7) is 7.64. The lowest BCUT2D eigenvalue weighted by Crippen LogP contribution is -2.41. The smallest absolute Gasteiger partial charge is 0.269 e. The van der Waals surface area contributed by atoms with E-state index in [9.17, 15) is 14.9 Å². The standard InChI is InChI=1S/C26H26N4O4/c1-17(2)20-8-7-18(3)14-22(20)34-24-21(26(32)30-9-5-4-6-23(30)28-24)15-19(16-27)25(31)29-10-12-33-13-11-29/h4-9,14-15,17H,10-13H2,1-3H3. The number of morpholine rings is 1. The van der Waals surface area contributed by atoms with E-state index in [2.05, 4.69) is 18.8 Å². The van der Waals surface area contributed by atoms with Gasteiger partial charge in [0.1, 0.15) is 28.6 Å². The first-order valence-electron chi connectivity index (χ1n) is 11.2. The van der Waals surface area contributed by atoms with Crippen LogP contribution in [0.2, 0.25) is 0 Å². The molecule has 1 aliphatic heterocycles. The van der Waals surface area contributed by atoms with Gasteiger partial charge in [-0.2, -0.15) is 10.2 Å².